The Kier molecular flexibility index (Phi) is 9.50. The van der Waals surface area contributed by atoms with Crippen molar-refractivity contribution in [3.8, 4) is 11.5 Å². The summed E-state index contributed by atoms with van der Waals surface area (Å²) in [6.45, 7) is 5.24. The lowest BCUT2D eigenvalue weighted by atomic mass is 10.2. The fourth-order valence-corrected chi connectivity index (χ4v) is 2.39. The summed E-state index contributed by atoms with van der Waals surface area (Å²) in [7, 11) is 1.66. The van der Waals surface area contributed by atoms with Gasteiger partial charge in [0.05, 0.1) is 18.2 Å². The van der Waals surface area contributed by atoms with Gasteiger partial charge in [0.15, 0.2) is 0 Å². The van der Waals surface area contributed by atoms with Crippen LogP contribution in [0.1, 0.15) is 39.0 Å². The lowest BCUT2D eigenvalue weighted by Crippen LogP contribution is -2.15. The molecular weight excluding hydrogens is 318 g/mol. The van der Waals surface area contributed by atoms with E-state index < -0.39 is 0 Å². The number of nitrogens with one attached hydrogen (secondary N) is 1. The molecule has 0 radical (unpaired) electrons. The first-order valence-corrected chi connectivity index (χ1v) is 8.24. The molecule has 0 spiro atoms. The fraction of sp³-hybridized carbons (Fsp3) is 0.625. The Morgan fingerprint density at radius 3 is 2.60 bits per heavy atom. The van der Waals surface area contributed by atoms with Crippen molar-refractivity contribution >= 4 is 15.9 Å². The predicted molar refractivity (Wildman–Crippen MR) is 87.8 cm³/mol. The van der Waals surface area contributed by atoms with E-state index in [-0.39, 0.29) is 0 Å². The molecule has 0 atom stereocenters. The van der Waals surface area contributed by atoms with E-state index in [0.717, 1.165) is 42.1 Å². The molecule has 0 amide bonds. The third-order valence-corrected chi connectivity index (χ3v) is 3.69. The lowest BCUT2D eigenvalue weighted by molar-refractivity contribution is 0.302. The molecule has 0 aliphatic carbocycles. The number of hydrogen-bond donors (Lipinski definition) is 1. The van der Waals surface area contributed by atoms with Crippen molar-refractivity contribution in [3.05, 3.63) is 22.7 Å². The van der Waals surface area contributed by atoms with Crippen LogP contribution < -0.4 is 14.8 Å². The molecule has 0 saturated heterocycles. The Balaban J connectivity index is 2.06. The van der Waals surface area contributed by atoms with Gasteiger partial charge in [0.25, 0.3) is 0 Å². The van der Waals surface area contributed by atoms with Gasteiger partial charge in [-0.2, -0.15) is 0 Å². The zero-order valence-electron chi connectivity index (χ0n) is 12.6. The van der Waals surface area contributed by atoms with Crippen LogP contribution >= 0.6 is 15.9 Å². The number of ether oxygens (including phenoxy) is 2. The van der Waals surface area contributed by atoms with E-state index in [0.29, 0.717) is 0 Å². The van der Waals surface area contributed by atoms with Gasteiger partial charge in [-0.3, -0.25) is 0 Å². The third-order valence-electron chi connectivity index (χ3n) is 3.07. The molecule has 0 heterocycles. The average Bonchev–Trinajstić information content (AvgIpc) is 2.47. The Labute approximate surface area is 131 Å². The maximum Gasteiger partial charge on any atom is 0.133 e. The van der Waals surface area contributed by atoms with Gasteiger partial charge in [0.1, 0.15) is 11.5 Å². The standard InChI is InChI=1S/C16H26BrNO2/c1-3-10-18-11-6-4-5-7-12-20-16-9-8-14(19-2)13-15(16)17/h8-9,13,18H,3-7,10-12H2,1-2H3. The Morgan fingerprint density at radius 1 is 1.10 bits per heavy atom. The van der Waals surface area contributed by atoms with Crippen LogP contribution in [0.15, 0.2) is 22.7 Å². The summed E-state index contributed by atoms with van der Waals surface area (Å²) in [5.74, 6) is 1.72. The molecule has 0 aromatic heterocycles. The van der Waals surface area contributed by atoms with Gasteiger partial charge in [0.2, 0.25) is 0 Å². The van der Waals surface area contributed by atoms with E-state index in [1.807, 2.05) is 18.2 Å². The number of hydrogen-bond acceptors (Lipinski definition) is 3. The molecule has 0 aliphatic rings. The first-order chi connectivity index (χ1) is 9.77. The molecule has 1 aromatic rings. The monoisotopic (exact) mass is 343 g/mol. The second-order valence-electron chi connectivity index (χ2n) is 4.81. The van der Waals surface area contributed by atoms with Crippen LogP contribution in [0.5, 0.6) is 11.5 Å². The average molecular weight is 344 g/mol. The first kappa shape index (κ1) is 17.3. The minimum absolute atomic E-state index is 0.771. The summed E-state index contributed by atoms with van der Waals surface area (Å²) in [5.41, 5.74) is 0. The van der Waals surface area contributed by atoms with Gasteiger partial charge >= 0.3 is 0 Å². The van der Waals surface area contributed by atoms with Crippen LogP contribution in [0.3, 0.4) is 0 Å². The van der Waals surface area contributed by atoms with Gasteiger partial charge in [-0.15, -0.1) is 0 Å². The Morgan fingerprint density at radius 2 is 1.90 bits per heavy atom. The van der Waals surface area contributed by atoms with Crippen molar-refractivity contribution in [2.24, 2.45) is 0 Å². The third kappa shape index (κ3) is 7.15. The highest BCUT2D eigenvalue weighted by Crippen LogP contribution is 2.29. The van der Waals surface area contributed by atoms with Gasteiger partial charge in [0, 0.05) is 0 Å². The molecule has 3 nitrogen and oxygen atoms in total. The highest BCUT2D eigenvalue weighted by atomic mass is 79.9. The molecule has 114 valence electrons. The minimum atomic E-state index is 0.771. The highest BCUT2D eigenvalue weighted by Gasteiger charge is 2.02. The number of rotatable bonds is 11. The second-order valence-corrected chi connectivity index (χ2v) is 5.66. The molecule has 0 aliphatic heterocycles. The normalized spacial score (nSPS) is 10.6. The predicted octanol–water partition coefficient (Wildman–Crippen LogP) is 4.40. The highest BCUT2D eigenvalue weighted by molar-refractivity contribution is 9.10. The second kappa shape index (κ2) is 11.0. The quantitative estimate of drug-likeness (QED) is 0.604. The Hall–Kier alpha value is -0.740. The molecule has 0 unspecified atom stereocenters. The zero-order valence-corrected chi connectivity index (χ0v) is 14.2. The molecular formula is C16H26BrNO2. The van der Waals surface area contributed by atoms with E-state index in [2.05, 4.69) is 28.2 Å². The maximum absolute atomic E-state index is 5.76. The van der Waals surface area contributed by atoms with Gasteiger partial charge in [-0.1, -0.05) is 19.8 Å². The maximum atomic E-state index is 5.76. The molecule has 0 bridgehead atoms. The smallest absolute Gasteiger partial charge is 0.133 e. The molecule has 1 N–H and O–H groups in total. The summed E-state index contributed by atoms with van der Waals surface area (Å²) in [5, 5.41) is 3.42. The van der Waals surface area contributed by atoms with Gasteiger partial charge < -0.3 is 14.8 Å². The number of methoxy groups -OCH3 is 1. The van der Waals surface area contributed by atoms with Crippen LogP contribution in [0.25, 0.3) is 0 Å². The lowest BCUT2D eigenvalue weighted by Gasteiger charge is -2.09. The summed E-state index contributed by atoms with van der Waals surface area (Å²) >= 11 is 3.49. The van der Waals surface area contributed by atoms with Crippen LogP contribution in [0.4, 0.5) is 0 Å². The summed E-state index contributed by atoms with van der Waals surface area (Å²) < 4.78 is 11.9. The first-order valence-electron chi connectivity index (χ1n) is 7.45. The Bertz CT molecular complexity index is 371. The fourth-order valence-electron chi connectivity index (χ4n) is 1.92. The summed E-state index contributed by atoms with van der Waals surface area (Å²) in [6, 6.07) is 5.78. The molecule has 1 aromatic carbocycles. The molecule has 1 rings (SSSR count). The van der Waals surface area contributed by atoms with Crippen molar-refractivity contribution in [1.82, 2.24) is 5.32 Å². The van der Waals surface area contributed by atoms with E-state index in [9.17, 15) is 0 Å². The molecule has 0 saturated carbocycles. The van der Waals surface area contributed by atoms with Crippen LogP contribution in [-0.4, -0.2) is 26.8 Å². The van der Waals surface area contributed by atoms with Gasteiger partial charge in [-0.05, 0) is 66.5 Å². The molecule has 0 fully saturated rings. The molecule has 4 heteroatoms. The van der Waals surface area contributed by atoms with E-state index in [4.69, 9.17) is 9.47 Å². The van der Waals surface area contributed by atoms with Gasteiger partial charge in [-0.25, -0.2) is 0 Å². The van der Waals surface area contributed by atoms with Crippen LogP contribution in [-0.2, 0) is 0 Å². The summed E-state index contributed by atoms with van der Waals surface area (Å²) in [4.78, 5) is 0. The van der Waals surface area contributed by atoms with Crippen molar-refractivity contribution in [3.63, 3.8) is 0 Å². The topological polar surface area (TPSA) is 30.5 Å². The van der Waals surface area contributed by atoms with Crippen molar-refractivity contribution in [1.29, 1.82) is 0 Å². The molecule has 20 heavy (non-hydrogen) atoms. The SMILES string of the molecule is CCCNCCCCCCOc1ccc(OC)cc1Br. The minimum Gasteiger partial charge on any atom is -0.497 e. The van der Waals surface area contributed by atoms with E-state index >= 15 is 0 Å². The number of benzene rings is 1. The van der Waals surface area contributed by atoms with Crippen molar-refractivity contribution in [2.75, 3.05) is 26.8 Å². The summed E-state index contributed by atoms with van der Waals surface area (Å²) in [6.07, 6.45) is 6.06. The van der Waals surface area contributed by atoms with E-state index in [1.54, 1.807) is 7.11 Å². The largest absolute Gasteiger partial charge is 0.497 e. The van der Waals surface area contributed by atoms with Crippen LogP contribution in [0.2, 0.25) is 0 Å². The van der Waals surface area contributed by atoms with Crippen molar-refractivity contribution in [2.45, 2.75) is 39.0 Å². The zero-order chi connectivity index (χ0) is 14.6. The van der Waals surface area contributed by atoms with E-state index in [1.165, 1.54) is 25.7 Å². The number of halogens is 1. The van der Waals surface area contributed by atoms with Crippen LogP contribution in [0, 0.1) is 0 Å². The number of unbranched alkanes of at least 4 members (excludes halogenated alkanes) is 3. The van der Waals surface area contributed by atoms with Crippen molar-refractivity contribution < 1.29 is 9.47 Å².